The van der Waals surface area contributed by atoms with E-state index in [0.29, 0.717) is 10.9 Å². The first-order chi connectivity index (χ1) is 12.6. The van der Waals surface area contributed by atoms with Gasteiger partial charge in [-0.1, -0.05) is 54.6 Å². The second-order valence-electron chi connectivity index (χ2n) is 6.40. The molecule has 2 aromatic heterocycles. The van der Waals surface area contributed by atoms with Gasteiger partial charge in [0.05, 0.1) is 16.6 Å². The van der Waals surface area contributed by atoms with Crippen molar-refractivity contribution in [2.24, 2.45) is 5.73 Å². The molecule has 0 saturated heterocycles. The van der Waals surface area contributed by atoms with E-state index in [-0.39, 0.29) is 11.6 Å². The monoisotopic (exact) mass is 341 g/mol. The van der Waals surface area contributed by atoms with E-state index >= 15 is 0 Å². The Hall–Kier alpha value is -3.24. The Kier molecular flexibility index (Phi) is 4.11. The first-order valence-electron chi connectivity index (χ1n) is 8.57. The third kappa shape index (κ3) is 2.91. The highest BCUT2D eigenvalue weighted by Gasteiger charge is 2.13. The van der Waals surface area contributed by atoms with Crippen molar-refractivity contribution in [3.05, 3.63) is 88.8 Å². The molecule has 2 aromatic carbocycles. The maximum absolute atomic E-state index is 12.2. The quantitative estimate of drug-likeness (QED) is 0.584. The zero-order chi connectivity index (χ0) is 18.1. The summed E-state index contributed by atoms with van der Waals surface area (Å²) in [5, 5.41) is 0.585. The van der Waals surface area contributed by atoms with E-state index in [4.69, 9.17) is 10.7 Å². The van der Waals surface area contributed by atoms with Crippen LogP contribution in [0.4, 0.5) is 0 Å². The molecule has 0 fully saturated rings. The molecule has 0 aliphatic rings. The minimum Gasteiger partial charge on any atom is -0.328 e. The van der Waals surface area contributed by atoms with Gasteiger partial charge in [-0.05, 0) is 30.2 Å². The van der Waals surface area contributed by atoms with Crippen molar-refractivity contribution in [2.45, 2.75) is 13.0 Å². The lowest BCUT2D eigenvalue weighted by Crippen LogP contribution is -2.06. The van der Waals surface area contributed by atoms with Gasteiger partial charge in [-0.15, -0.1) is 0 Å². The molecule has 4 rings (SSSR count). The van der Waals surface area contributed by atoms with Gasteiger partial charge < -0.3 is 10.7 Å². The van der Waals surface area contributed by atoms with Crippen molar-refractivity contribution in [3.63, 3.8) is 0 Å². The second-order valence-corrected chi connectivity index (χ2v) is 6.40. The van der Waals surface area contributed by atoms with E-state index in [9.17, 15) is 4.79 Å². The summed E-state index contributed by atoms with van der Waals surface area (Å²) in [6.07, 6.45) is 1.63. The molecule has 0 saturated carbocycles. The van der Waals surface area contributed by atoms with Crippen molar-refractivity contribution in [2.75, 3.05) is 0 Å². The Morgan fingerprint density at radius 2 is 1.69 bits per heavy atom. The van der Waals surface area contributed by atoms with Crippen LogP contribution in [0.2, 0.25) is 0 Å². The molecule has 1 atom stereocenters. The molecule has 0 amide bonds. The topological polar surface area (TPSA) is 71.8 Å². The molecule has 1 unspecified atom stereocenters. The number of benzene rings is 2. The van der Waals surface area contributed by atoms with Crippen molar-refractivity contribution in [1.82, 2.24) is 9.97 Å². The zero-order valence-corrected chi connectivity index (χ0v) is 14.4. The smallest absolute Gasteiger partial charge is 0.257 e. The summed E-state index contributed by atoms with van der Waals surface area (Å²) in [5.41, 5.74) is 11.4. The number of nitrogens with one attached hydrogen (secondary N) is 1. The molecule has 3 N–H and O–H groups in total. The summed E-state index contributed by atoms with van der Waals surface area (Å²) in [5.74, 6) is 0. The van der Waals surface area contributed by atoms with Crippen LogP contribution in [0.1, 0.15) is 18.5 Å². The van der Waals surface area contributed by atoms with Gasteiger partial charge in [-0.2, -0.15) is 0 Å². The standard InChI is InChI=1S/C22H19N3O/c1-14(23)15-7-9-17(10-8-15)21-18(16-5-3-2-4-6-16)13-19-20(25-21)11-12-24-22(19)26/h2-14H,23H2,1H3,(H,24,26). The van der Waals surface area contributed by atoms with Crippen molar-refractivity contribution >= 4 is 10.9 Å². The highest BCUT2D eigenvalue weighted by atomic mass is 16.1. The number of hydrogen-bond acceptors (Lipinski definition) is 3. The van der Waals surface area contributed by atoms with Gasteiger partial charge in [0, 0.05) is 23.4 Å². The molecule has 0 aliphatic heterocycles. The zero-order valence-electron chi connectivity index (χ0n) is 14.4. The van der Waals surface area contributed by atoms with E-state index in [1.54, 1.807) is 6.20 Å². The fourth-order valence-electron chi connectivity index (χ4n) is 3.11. The van der Waals surface area contributed by atoms with Crippen LogP contribution in [-0.2, 0) is 0 Å². The number of nitrogens with two attached hydrogens (primary N) is 1. The maximum atomic E-state index is 12.2. The highest BCUT2D eigenvalue weighted by Crippen LogP contribution is 2.32. The van der Waals surface area contributed by atoms with Gasteiger partial charge >= 0.3 is 0 Å². The van der Waals surface area contributed by atoms with Crippen LogP contribution < -0.4 is 11.3 Å². The summed E-state index contributed by atoms with van der Waals surface area (Å²) < 4.78 is 0. The first kappa shape index (κ1) is 16.2. The van der Waals surface area contributed by atoms with Crippen LogP contribution in [0.25, 0.3) is 33.3 Å². The summed E-state index contributed by atoms with van der Waals surface area (Å²) in [6, 6.07) is 21.9. The van der Waals surface area contributed by atoms with E-state index in [1.807, 2.05) is 73.7 Å². The number of aromatic nitrogens is 2. The summed E-state index contributed by atoms with van der Waals surface area (Å²) >= 11 is 0. The van der Waals surface area contributed by atoms with E-state index in [2.05, 4.69) is 4.98 Å². The Morgan fingerprint density at radius 3 is 2.38 bits per heavy atom. The molecule has 4 aromatic rings. The number of rotatable bonds is 3. The number of aromatic amines is 1. The average Bonchev–Trinajstić information content (AvgIpc) is 2.68. The number of pyridine rings is 2. The largest absolute Gasteiger partial charge is 0.328 e. The fraction of sp³-hybridized carbons (Fsp3) is 0.0909. The van der Waals surface area contributed by atoms with Gasteiger partial charge in [-0.3, -0.25) is 4.79 Å². The molecule has 4 heteroatoms. The summed E-state index contributed by atoms with van der Waals surface area (Å²) in [7, 11) is 0. The predicted octanol–water partition coefficient (Wildman–Crippen LogP) is 4.28. The molecule has 128 valence electrons. The molecule has 0 radical (unpaired) electrons. The summed E-state index contributed by atoms with van der Waals surface area (Å²) in [4.78, 5) is 19.7. The van der Waals surface area contributed by atoms with E-state index in [0.717, 1.165) is 27.9 Å². The first-order valence-corrected chi connectivity index (χ1v) is 8.57. The predicted molar refractivity (Wildman–Crippen MR) is 106 cm³/mol. The SMILES string of the molecule is CC(N)c1ccc(-c2nc3cc[nH]c(=O)c3cc2-c2ccccc2)cc1. The maximum Gasteiger partial charge on any atom is 0.257 e. The van der Waals surface area contributed by atoms with Crippen molar-refractivity contribution in [3.8, 4) is 22.4 Å². The average molecular weight is 341 g/mol. The molecule has 0 spiro atoms. The molecular weight excluding hydrogens is 322 g/mol. The Bertz CT molecular complexity index is 1110. The molecule has 4 nitrogen and oxygen atoms in total. The van der Waals surface area contributed by atoms with E-state index in [1.165, 1.54) is 0 Å². The lowest BCUT2D eigenvalue weighted by Gasteiger charge is -2.12. The lowest BCUT2D eigenvalue weighted by atomic mass is 9.96. The fourth-order valence-corrected chi connectivity index (χ4v) is 3.11. The van der Waals surface area contributed by atoms with Crippen LogP contribution in [0.15, 0.2) is 77.7 Å². The van der Waals surface area contributed by atoms with Gasteiger partial charge in [0.2, 0.25) is 0 Å². The van der Waals surface area contributed by atoms with Gasteiger partial charge in [0.15, 0.2) is 0 Å². The minimum atomic E-state index is -0.133. The Labute approximate surface area is 151 Å². The minimum absolute atomic E-state index is 0.0132. The normalized spacial score (nSPS) is 12.2. The van der Waals surface area contributed by atoms with Crippen LogP contribution in [-0.4, -0.2) is 9.97 Å². The second kappa shape index (κ2) is 6.58. The van der Waals surface area contributed by atoms with Crippen LogP contribution in [0.5, 0.6) is 0 Å². The third-order valence-electron chi connectivity index (χ3n) is 4.55. The van der Waals surface area contributed by atoms with Crippen LogP contribution in [0.3, 0.4) is 0 Å². The van der Waals surface area contributed by atoms with Gasteiger partial charge in [0.25, 0.3) is 5.56 Å². The number of hydrogen-bond donors (Lipinski definition) is 2. The number of fused-ring (bicyclic) bond motifs is 1. The molecule has 0 bridgehead atoms. The number of nitrogens with zero attached hydrogens (tertiary/aromatic N) is 1. The Morgan fingerprint density at radius 1 is 0.962 bits per heavy atom. The molecule has 0 aliphatic carbocycles. The van der Waals surface area contributed by atoms with Crippen molar-refractivity contribution in [1.29, 1.82) is 0 Å². The van der Waals surface area contributed by atoms with Crippen LogP contribution in [0, 0.1) is 0 Å². The molecular formula is C22H19N3O. The lowest BCUT2D eigenvalue weighted by molar-refractivity contribution is 0.818. The van der Waals surface area contributed by atoms with Gasteiger partial charge in [-0.25, -0.2) is 4.98 Å². The third-order valence-corrected chi connectivity index (χ3v) is 4.55. The molecule has 2 heterocycles. The highest BCUT2D eigenvalue weighted by molar-refractivity contribution is 5.91. The van der Waals surface area contributed by atoms with Crippen LogP contribution >= 0.6 is 0 Å². The Balaban J connectivity index is 1.99. The molecule has 26 heavy (non-hydrogen) atoms. The number of H-pyrrole nitrogens is 1. The summed E-state index contributed by atoms with van der Waals surface area (Å²) in [6.45, 7) is 1.96. The van der Waals surface area contributed by atoms with E-state index < -0.39 is 0 Å². The van der Waals surface area contributed by atoms with Gasteiger partial charge in [0.1, 0.15) is 0 Å². The van der Waals surface area contributed by atoms with Crippen molar-refractivity contribution < 1.29 is 0 Å².